The minimum Gasteiger partial charge on any atom is -0.387 e. The largest absolute Gasteiger partial charge is 0.475 e. The molecule has 0 aromatic carbocycles. The molecular weight excluding hydrogens is 818 g/mol. The summed E-state index contributed by atoms with van der Waals surface area (Å²) in [5, 5.41) is 11.6. The second-order valence-electron chi connectivity index (χ2n) is 17.8. The topological polar surface area (TPSA) is 137 Å². The SMILES string of the molecule is CCCCCCCCCCOP(=O)(OCCCCCCCCCC)O[C@@H]1C2OC3O[C@@H]1C(O)[C@H](O3)[C@@H]2OP(=O)(OCCCCCCCCCC)OCCCCCCCCCC. The van der Waals surface area contributed by atoms with E-state index in [0.717, 1.165) is 51.4 Å². The molecule has 4 aliphatic rings. The molecule has 3 unspecified atom stereocenters. The van der Waals surface area contributed by atoms with Gasteiger partial charge in [0.1, 0.15) is 36.6 Å². The lowest BCUT2D eigenvalue weighted by Crippen LogP contribution is -2.75. The van der Waals surface area contributed by atoms with Gasteiger partial charge in [-0.2, -0.15) is 0 Å². The molecule has 362 valence electrons. The molecular formula is C47H92O12P2. The van der Waals surface area contributed by atoms with E-state index in [0.29, 0.717) is 25.7 Å². The van der Waals surface area contributed by atoms with Gasteiger partial charge in [0, 0.05) is 0 Å². The first-order valence-electron chi connectivity index (χ1n) is 25.6. The normalized spacial score (nSPS) is 23.7. The number of ether oxygens (including phenoxy) is 3. The van der Waals surface area contributed by atoms with Crippen LogP contribution in [-0.2, 0) is 50.5 Å². The Bertz CT molecular complexity index is 1020. The molecule has 4 fully saturated rings. The van der Waals surface area contributed by atoms with Crippen LogP contribution in [0.5, 0.6) is 0 Å². The summed E-state index contributed by atoms with van der Waals surface area (Å²) in [5.41, 5.74) is 0. The van der Waals surface area contributed by atoms with Crippen molar-refractivity contribution in [3.8, 4) is 0 Å². The number of unbranched alkanes of at least 4 members (excludes halogenated alkanes) is 28. The first-order valence-corrected chi connectivity index (χ1v) is 28.5. The molecule has 12 nitrogen and oxygen atoms in total. The van der Waals surface area contributed by atoms with Crippen molar-refractivity contribution in [2.75, 3.05) is 26.4 Å². The molecule has 7 atom stereocenters. The fraction of sp³-hybridized carbons (Fsp3) is 1.00. The third-order valence-corrected chi connectivity index (χ3v) is 15.3. The van der Waals surface area contributed by atoms with E-state index in [-0.39, 0.29) is 26.4 Å². The van der Waals surface area contributed by atoms with E-state index in [4.69, 9.17) is 41.4 Å². The van der Waals surface area contributed by atoms with E-state index in [1.807, 2.05) is 0 Å². The van der Waals surface area contributed by atoms with E-state index in [1.54, 1.807) is 0 Å². The molecule has 1 aliphatic carbocycles. The number of phosphoric ester groups is 2. The van der Waals surface area contributed by atoms with Crippen molar-refractivity contribution in [3.05, 3.63) is 0 Å². The molecule has 4 bridgehead atoms. The van der Waals surface area contributed by atoms with Crippen LogP contribution < -0.4 is 0 Å². The van der Waals surface area contributed by atoms with Gasteiger partial charge in [0.2, 0.25) is 0 Å². The fourth-order valence-corrected chi connectivity index (χ4v) is 11.4. The van der Waals surface area contributed by atoms with Gasteiger partial charge >= 0.3 is 15.6 Å². The molecule has 0 aromatic heterocycles. The highest BCUT2D eigenvalue weighted by Gasteiger charge is 2.65. The van der Waals surface area contributed by atoms with Crippen LogP contribution in [0, 0.1) is 0 Å². The molecule has 61 heavy (non-hydrogen) atoms. The van der Waals surface area contributed by atoms with Gasteiger partial charge in [-0.3, -0.25) is 27.1 Å². The number of aliphatic hydroxyl groups excluding tert-OH is 1. The number of rotatable bonds is 44. The third-order valence-electron chi connectivity index (χ3n) is 12.3. The summed E-state index contributed by atoms with van der Waals surface area (Å²) in [6.07, 6.45) is 29.2. The molecule has 3 aliphatic heterocycles. The average molecular weight is 911 g/mol. The van der Waals surface area contributed by atoms with Crippen LogP contribution in [-0.4, -0.2) is 74.6 Å². The monoisotopic (exact) mass is 911 g/mol. The van der Waals surface area contributed by atoms with Gasteiger partial charge in [-0.25, -0.2) is 9.13 Å². The lowest BCUT2D eigenvalue weighted by Gasteiger charge is -2.57. The van der Waals surface area contributed by atoms with Crippen molar-refractivity contribution >= 4 is 15.6 Å². The standard InChI is InChI=1S/C47H92O12P2/c1-5-9-13-17-21-25-29-33-37-51-60(49,52-38-34-30-26-22-18-14-10-6-2)58-45-42-41(48)43-46(44(45)57-47(55-42)56-43)59-61(50,53-39-35-31-27-23-19-15-11-7-3)54-40-36-32-28-24-20-16-12-8-4/h41-48H,5-40H2,1-4H3/t41?,42-,43+,44?,45-,46-,47?/m0/s1. The highest BCUT2D eigenvalue weighted by atomic mass is 31.2. The zero-order valence-corrected chi connectivity index (χ0v) is 41.1. The Morgan fingerprint density at radius 2 is 0.590 bits per heavy atom. The highest BCUT2D eigenvalue weighted by Crippen LogP contribution is 2.58. The molecule has 0 spiro atoms. The summed E-state index contributed by atoms with van der Waals surface area (Å²) < 4.78 is 83.4. The Hall–Kier alpha value is 0.0600. The van der Waals surface area contributed by atoms with Crippen molar-refractivity contribution in [1.82, 2.24) is 0 Å². The maximum atomic E-state index is 14.5. The van der Waals surface area contributed by atoms with Crippen molar-refractivity contribution in [1.29, 1.82) is 0 Å². The molecule has 14 heteroatoms. The summed E-state index contributed by atoms with van der Waals surface area (Å²) in [5.74, 6) is 0. The maximum absolute atomic E-state index is 14.5. The molecule has 3 heterocycles. The Morgan fingerprint density at radius 3 is 0.852 bits per heavy atom. The number of hydrogen-bond acceptors (Lipinski definition) is 12. The van der Waals surface area contributed by atoms with Crippen LogP contribution in [0.4, 0.5) is 0 Å². The van der Waals surface area contributed by atoms with Crippen LogP contribution in [0.25, 0.3) is 0 Å². The number of hydrogen-bond donors (Lipinski definition) is 1. The molecule has 0 radical (unpaired) electrons. The Kier molecular flexibility index (Phi) is 31.2. The van der Waals surface area contributed by atoms with Crippen LogP contribution in [0.3, 0.4) is 0 Å². The zero-order chi connectivity index (χ0) is 43.9. The van der Waals surface area contributed by atoms with Gasteiger partial charge in [-0.1, -0.05) is 207 Å². The summed E-state index contributed by atoms with van der Waals surface area (Å²) in [6, 6.07) is 0. The van der Waals surface area contributed by atoms with E-state index in [1.165, 1.54) is 128 Å². The second-order valence-corrected chi connectivity index (χ2v) is 21.1. The number of phosphoric acid groups is 2. The first kappa shape index (κ1) is 55.4. The molecule has 1 N–H and O–H groups in total. The molecule has 0 aromatic rings. The van der Waals surface area contributed by atoms with Gasteiger partial charge in [0.05, 0.1) is 26.4 Å². The highest BCUT2D eigenvalue weighted by molar-refractivity contribution is 7.48. The lowest BCUT2D eigenvalue weighted by molar-refractivity contribution is -0.477. The lowest BCUT2D eigenvalue weighted by atomic mass is 9.83. The minimum atomic E-state index is -4.17. The Morgan fingerprint density at radius 1 is 0.361 bits per heavy atom. The van der Waals surface area contributed by atoms with Crippen molar-refractivity contribution in [3.63, 3.8) is 0 Å². The molecule has 3 saturated heterocycles. The van der Waals surface area contributed by atoms with Gasteiger partial charge in [0.25, 0.3) is 6.48 Å². The average Bonchev–Trinajstić information content (AvgIpc) is 3.25. The summed E-state index contributed by atoms with van der Waals surface area (Å²) in [4.78, 5) is 0. The first-order chi connectivity index (χ1) is 29.8. The van der Waals surface area contributed by atoms with Crippen molar-refractivity contribution in [2.45, 2.75) is 276 Å². The van der Waals surface area contributed by atoms with Gasteiger partial charge in [0.15, 0.2) is 0 Å². The summed E-state index contributed by atoms with van der Waals surface area (Å²) in [6.45, 7) is 8.62. The van der Waals surface area contributed by atoms with Crippen LogP contribution in [0.2, 0.25) is 0 Å². The smallest absolute Gasteiger partial charge is 0.387 e. The maximum Gasteiger partial charge on any atom is 0.475 e. The van der Waals surface area contributed by atoms with Crippen molar-refractivity contribution in [2.24, 2.45) is 0 Å². The summed E-state index contributed by atoms with van der Waals surface area (Å²) >= 11 is 0. The number of aliphatic hydroxyl groups is 1. The zero-order valence-electron chi connectivity index (χ0n) is 39.3. The van der Waals surface area contributed by atoms with E-state index in [9.17, 15) is 14.2 Å². The molecule has 0 amide bonds. The van der Waals surface area contributed by atoms with Gasteiger partial charge in [-0.15, -0.1) is 0 Å². The van der Waals surface area contributed by atoms with E-state index in [2.05, 4.69) is 27.7 Å². The van der Waals surface area contributed by atoms with Crippen LogP contribution >= 0.6 is 15.6 Å². The quantitative estimate of drug-likeness (QED) is 0.0460. The third kappa shape index (κ3) is 22.9. The fourth-order valence-electron chi connectivity index (χ4n) is 8.47. The predicted octanol–water partition coefficient (Wildman–Crippen LogP) is 14.4. The molecule has 1 saturated carbocycles. The van der Waals surface area contributed by atoms with Crippen LogP contribution in [0.15, 0.2) is 0 Å². The van der Waals surface area contributed by atoms with Crippen molar-refractivity contribution < 1.29 is 55.6 Å². The van der Waals surface area contributed by atoms with Crippen LogP contribution in [0.1, 0.15) is 233 Å². The minimum absolute atomic E-state index is 0.207. The molecule has 4 rings (SSSR count). The Labute approximate surface area is 372 Å². The van der Waals surface area contributed by atoms with Gasteiger partial charge in [-0.05, 0) is 25.7 Å². The van der Waals surface area contributed by atoms with Gasteiger partial charge < -0.3 is 19.3 Å². The summed E-state index contributed by atoms with van der Waals surface area (Å²) in [7, 11) is -8.33. The van der Waals surface area contributed by atoms with E-state index < -0.39 is 58.7 Å². The predicted molar refractivity (Wildman–Crippen MR) is 244 cm³/mol. The van der Waals surface area contributed by atoms with E-state index >= 15 is 0 Å². The Balaban J connectivity index is 1.66. The second kappa shape index (κ2) is 34.4.